The first-order chi connectivity index (χ1) is 12.8. The van der Waals surface area contributed by atoms with Gasteiger partial charge < -0.3 is 14.0 Å². The van der Waals surface area contributed by atoms with E-state index in [2.05, 4.69) is 52.1 Å². The van der Waals surface area contributed by atoms with Crippen LogP contribution in [-0.2, 0) is 13.5 Å². The van der Waals surface area contributed by atoms with Gasteiger partial charge in [0.1, 0.15) is 0 Å². The van der Waals surface area contributed by atoms with Crippen LogP contribution in [-0.4, -0.2) is 38.7 Å². The lowest BCUT2D eigenvalue weighted by molar-refractivity contribution is 0.0763. The molecule has 4 heterocycles. The van der Waals surface area contributed by atoms with Crippen molar-refractivity contribution in [3.8, 4) is 11.4 Å². The summed E-state index contributed by atoms with van der Waals surface area (Å²) in [6.45, 7) is 2.53. The second-order valence-corrected chi connectivity index (χ2v) is 7.96. The molecule has 2 saturated heterocycles. The number of nitrogens with zero attached hydrogens (tertiary/aromatic N) is 4. The molecular formula is C21H26N4O. The Morgan fingerprint density at radius 3 is 3.04 bits per heavy atom. The minimum absolute atomic E-state index is 0.676. The topological polar surface area (TPSA) is 47.1 Å². The van der Waals surface area contributed by atoms with E-state index in [1.807, 2.05) is 0 Å². The summed E-state index contributed by atoms with van der Waals surface area (Å²) in [5, 5.41) is 5.47. The zero-order valence-corrected chi connectivity index (χ0v) is 15.4. The Bertz CT molecular complexity index is 912. The van der Waals surface area contributed by atoms with Crippen molar-refractivity contribution in [2.45, 2.75) is 44.6 Å². The standard InChI is InChI=1S/C21H26N4O/c1-24-14-18(17-7-2-3-8-19(17)24)21-22-20(26-23-21)13-15-9-11-25-10-5-4-6-16(25)12-15/h2-3,7-8,14-16H,4-6,9-13H2,1H3. The summed E-state index contributed by atoms with van der Waals surface area (Å²) in [7, 11) is 2.06. The van der Waals surface area contributed by atoms with Crippen molar-refractivity contribution < 1.29 is 4.52 Å². The van der Waals surface area contributed by atoms with Crippen molar-refractivity contribution in [3.05, 3.63) is 36.4 Å². The van der Waals surface area contributed by atoms with Crippen LogP contribution in [0.1, 0.15) is 38.0 Å². The lowest BCUT2D eigenvalue weighted by Gasteiger charge is -2.42. The summed E-state index contributed by atoms with van der Waals surface area (Å²) in [5.74, 6) is 2.18. The molecule has 2 aromatic heterocycles. The van der Waals surface area contributed by atoms with E-state index in [1.54, 1.807) is 0 Å². The third-order valence-corrected chi connectivity index (χ3v) is 6.25. The van der Waals surface area contributed by atoms with Gasteiger partial charge in [0.15, 0.2) is 0 Å². The van der Waals surface area contributed by atoms with E-state index in [1.165, 1.54) is 56.1 Å². The highest BCUT2D eigenvalue weighted by atomic mass is 16.5. The highest BCUT2D eigenvalue weighted by Crippen LogP contribution is 2.32. The van der Waals surface area contributed by atoms with Crippen LogP contribution in [0.4, 0.5) is 0 Å². The molecule has 5 rings (SSSR count). The molecular weight excluding hydrogens is 324 g/mol. The van der Waals surface area contributed by atoms with Gasteiger partial charge >= 0.3 is 0 Å². The molecule has 0 amide bonds. The number of benzene rings is 1. The first-order valence-corrected chi connectivity index (χ1v) is 9.89. The molecule has 0 N–H and O–H groups in total. The summed E-state index contributed by atoms with van der Waals surface area (Å²) in [4.78, 5) is 7.43. The molecule has 5 nitrogen and oxygen atoms in total. The SMILES string of the molecule is Cn1cc(-c2noc(CC3CCN4CCCCC4C3)n2)c2ccccc21. The van der Waals surface area contributed by atoms with Crippen LogP contribution in [0.2, 0.25) is 0 Å². The number of hydrogen-bond donors (Lipinski definition) is 0. The van der Waals surface area contributed by atoms with Crippen molar-refractivity contribution >= 4 is 10.9 Å². The van der Waals surface area contributed by atoms with E-state index in [9.17, 15) is 0 Å². The number of piperidine rings is 2. The fourth-order valence-corrected chi connectivity index (χ4v) is 4.87. The van der Waals surface area contributed by atoms with Crippen LogP contribution in [0.3, 0.4) is 0 Å². The average molecular weight is 350 g/mol. The molecule has 5 heteroatoms. The minimum atomic E-state index is 0.676. The minimum Gasteiger partial charge on any atom is -0.350 e. The molecule has 1 aromatic carbocycles. The van der Waals surface area contributed by atoms with Crippen molar-refractivity contribution in [1.82, 2.24) is 19.6 Å². The smallest absolute Gasteiger partial charge is 0.227 e. The molecule has 136 valence electrons. The van der Waals surface area contributed by atoms with E-state index in [4.69, 9.17) is 9.51 Å². The quantitative estimate of drug-likeness (QED) is 0.715. The molecule has 0 spiro atoms. The molecule has 2 unspecified atom stereocenters. The predicted molar refractivity (Wildman–Crippen MR) is 102 cm³/mol. The highest BCUT2D eigenvalue weighted by molar-refractivity contribution is 5.94. The second kappa shape index (κ2) is 6.54. The number of rotatable bonds is 3. The normalized spacial score (nSPS) is 24.0. The maximum absolute atomic E-state index is 5.63. The van der Waals surface area contributed by atoms with E-state index >= 15 is 0 Å². The predicted octanol–water partition coefficient (Wildman–Crippen LogP) is 4.04. The van der Waals surface area contributed by atoms with Gasteiger partial charge in [-0.3, -0.25) is 0 Å². The Hall–Kier alpha value is -2.14. The fraction of sp³-hybridized carbons (Fsp3) is 0.524. The zero-order valence-electron chi connectivity index (χ0n) is 15.4. The van der Waals surface area contributed by atoms with Crippen LogP contribution < -0.4 is 0 Å². The van der Waals surface area contributed by atoms with Crippen LogP contribution >= 0.6 is 0 Å². The van der Waals surface area contributed by atoms with Gasteiger partial charge in [-0.2, -0.15) is 4.98 Å². The molecule has 2 fully saturated rings. The summed E-state index contributed by atoms with van der Waals surface area (Å²) in [6.07, 6.45) is 9.68. The van der Waals surface area contributed by atoms with E-state index < -0.39 is 0 Å². The molecule has 2 atom stereocenters. The van der Waals surface area contributed by atoms with Crippen molar-refractivity contribution in [2.24, 2.45) is 13.0 Å². The number of hydrogen-bond acceptors (Lipinski definition) is 4. The van der Waals surface area contributed by atoms with Crippen LogP contribution in [0.15, 0.2) is 35.0 Å². The molecule has 3 aromatic rings. The Kier molecular flexibility index (Phi) is 4.04. The number of fused-ring (bicyclic) bond motifs is 2. The Balaban J connectivity index is 1.34. The van der Waals surface area contributed by atoms with Crippen LogP contribution in [0.5, 0.6) is 0 Å². The third-order valence-electron chi connectivity index (χ3n) is 6.25. The summed E-state index contributed by atoms with van der Waals surface area (Å²) in [6, 6.07) is 9.15. The van der Waals surface area contributed by atoms with Gasteiger partial charge in [-0.05, 0) is 50.8 Å². The van der Waals surface area contributed by atoms with Gasteiger partial charge in [0.05, 0.1) is 0 Å². The van der Waals surface area contributed by atoms with Gasteiger partial charge in [0.25, 0.3) is 0 Å². The van der Waals surface area contributed by atoms with E-state index in [0.29, 0.717) is 11.7 Å². The monoisotopic (exact) mass is 350 g/mol. The summed E-state index contributed by atoms with van der Waals surface area (Å²) < 4.78 is 7.76. The lowest BCUT2D eigenvalue weighted by atomic mass is 9.84. The maximum Gasteiger partial charge on any atom is 0.227 e. The molecule has 0 bridgehead atoms. The van der Waals surface area contributed by atoms with E-state index in [0.717, 1.165) is 23.9 Å². The zero-order chi connectivity index (χ0) is 17.5. The third kappa shape index (κ3) is 2.84. The molecule has 0 radical (unpaired) electrons. The molecule has 0 saturated carbocycles. The lowest BCUT2D eigenvalue weighted by Crippen LogP contribution is -2.45. The number of para-hydroxylation sites is 1. The fourth-order valence-electron chi connectivity index (χ4n) is 4.87. The molecule has 2 aliphatic heterocycles. The molecule has 0 aliphatic carbocycles. The Morgan fingerprint density at radius 1 is 1.15 bits per heavy atom. The number of aryl methyl sites for hydroxylation is 1. The van der Waals surface area contributed by atoms with Gasteiger partial charge in [0, 0.05) is 42.2 Å². The first-order valence-electron chi connectivity index (χ1n) is 9.89. The second-order valence-electron chi connectivity index (χ2n) is 7.96. The van der Waals surface area contributed by atoms with E-state index in [-0.39, 0.29) is 0 Å². The summed E-state index contributed by atoms with van der Waals surface area (Å²) >= 11 is 0. The Labute approximate surface area is 154 Å². The van der Waals surface area contributed by atoms with Crippen LogP contribution in [0.25, 0.3) is 22.3 Å². The maximum atomic E-state index is 5.63. The van der Waals surface area contributed by atoms with Crippen molar-refractivity contribution in [2.75, 3.05) is 13.1 Å². The largest absolute Gasteiger partial charge is 0.350 e. The van der Waals surface area contributed by atoms with Gasteiger partial charge in [-0.25, -0.2) is 0 Å². The van der Waals surface area contributed by atoms with Gasteiger partial charge in [0.2, 0.25) is 11.7 Å². The summed E-state index contributed by atoms with van der Waals surface area (Å²) in [5.41, 5.74) is 2.25. The first kappa shape index (κ1) is 16.1. The number of aromatic nitrogens is 3. The van der Waals surface area contributed by atoms with Crippen molar-refractivity contribution in [1.29, 1.82) is 0 Å². The Morgan fingerprint density at radius 2 is 2.08 bits per heavy atom. The highest BCUT2D eigenvalue weighted by Gasteiger charge is 2.31. The average Bonchev–Trinajstić information content (AvgIpc) is 3.26. The van der Waals surface area contributed by atoms with Crippen molar-refractivity contribution in [3.63, 3.8) is 0 Å². The molecule has 2 aliphatic rings. The van der Waals surface area contributed by atoms with Crippen LogP contribution in [0, 0.1) is 5.92 Å². The van der Waals surface area contributed by atoms with Gasteiger partial charge in [-0.15, -0.1) is 0 Å². The molecule has 26 heavy (non-hydrogen) atoms. The van der Waals surface area contributed by atoms with Gasteiger partial charge in [-0.1, -0.05) is 29.8 Å².